The second-order valence-electron chi connectivity index (χ2n) is 7.30. The first kappa shape index (κ1) is 25.7. The molecule has 1 aliphatic rings. The maximum Gasteiger partial charge on any atom is 0.405 e. The van der Waals surface area contributed by atoms with Gasteiger partial charge in [-0.3, -0.25) is 4.79 Å². The molecule has 1 unspecified atom stereocenters. The van der Waals surface area contributed by atoms with Crippen molar-refractivity contribution in [3.8, 4) is 5.75 Å². The van der Waals surface area contributed by atoms with Crippen LogP contribution in [0, 0.1) is 5.41 Å². The monoisotopic (exact) mass is 463 g/mol. The first-order valence-corrected chi connectivity index (χ1v) is 10.3. The van der Waals surface area contributed by atoms with Crippen LogP contribution in [0.2, 0.25) is 0 Å². The number of amides is 1. The van der Waals surface area contributed by atoms with E-state index in [-0.39, 0.29) is 24.0 Å². The Morgan fingerprint density at radius 3 is 2.55 bits per heavy atom. The fourth-order valence-electron chi connectivity index (χ4n) is 3.37. The van der Waals surface area contributed by atoms with Gasteiger partial charge in [0.05, 0.1) is 25.3 Å². The number of nitrogens with zero attached hydrogens (tertiary/aromatic N) is 2. The molecule has 4 N–H and O–H groups in total. The van der Waals surface area contributed by atoms with E-state index in [4.69, 9.17) is 15.9 Å². The van der Waals surface area contributed by atoms with E-state index in [1.165, 1.54) is 17.3 Å². The lowest BCUT2D eigenvalue weighted by molar-refractivity contribution is -0.130. The van der Waals surface area contributed by atoms with Gasteiger partial charge in [0, 0.05) is 18.6 Å². The lowest BCUT2D eigenvalue weighted by Crippen LogP contribution is -2.41. The third kappa shape index (κ3) is 6.71. The minimum Gasteiger partial charge on any atom is -0.497 e. The number of halogens is 3. The Morgan fingerprint density at radius 2 is 2.03 bits per heavy atom. The minimum atomic E-state index is -4.38. The molecule has 7 nitrogen and oxygen atoms in total. The van der Waals surface area contributed by atoms with Crippen LogP contribution in [0.1, 0.15) is 31.7 Å². The number of nitrogens with one attached hydrogen (secondary N) is 2. The predicted octanol–water partition coefficient (Wildman–Crippen LogP) is 3.86. The molecule has 0 saturated heterocycles. The van der Waals surface area contributed by atoms with Gasteiger partial charge < -0.3 is 26.1 Å². The maximum atomic E-state index is 13.3. The molecular formula is C23H28F3N5O2. The van der Waals surface area contributed by atoms with Crippen LogP contribution in [-0.4, -0.2) is 49.6 Å². The van der Waals surface area contributed by atoms with Crippen LogP contribution in [0.4, 0.5) is 13.2 Å². The predicted molar refractivity (Wildman–Crippen MR) is 122 cm³/mol. The number of rotatable bonds is 9. The van der Waals surface area contributed by atoms with Gasteiger partial charge >= 0.3 is 6.18 Å². The number of nitrogens with two attached hydrogens (primary N) is 1. The second-order valence-corrected chi connectivity index (χ2v) is 7.30. The number of methoxy groups -OCH3 is 1. The van der Waals surface area contributed by atoms with E-state index in [9.17, 15) is 18.0 Å². The molecule has 1 aliphatic heterocycles. The van der Waals surface area contributed by atoms with Gasteiger partial charge in [-0.2, -0.15) is 13.2 Å². The summed E-state index contributed by atoms with van der Waals surface area (Å²) in [6.45, 7) is 2.45. The third-order valence-corrected chi connectivity index (χ3v) is 5.09. The molecule has 1 aromatic carbocycles. The van der Waals surface area contributed by atoms with Crippen LogP contribution < -0.4 is 15.8 Å². The number of ether oxygens (including phenoxy) is 1. The molecule has 0 aromatic heterocycles. The Hall–Kier alpha value is -3.56. The zero-order chi connectivity index (χ0) is 24.6. The zero-order valence-corrected chi connectivity index (χ0v) is 18.7. The number of benzene rings is 1. The topological polar surface area (TPSA) is 104 Å². The summed E-state index contributed by atoms with van der Waals surface area (Å²) in [5.74, 6) is -0.229. The van der Waals surface area contributed by atoms with Crippen LogP contribution in [0.5, 0.6) is 5.75 Å². The van der Waals surface area contributed by atoms with Gasteiger partial charge in [0.15, 0.2) is 0 Å². The van der Waals surface area contributed by atoms with Gasteiger partial charge in [-0.25, -0.2) is 4.99 Å². The molecule has 0 spiro atoms. The molecule has 0 radical (unpaired) electrons. The summed E-state index contributed by atoms with van der Waals surface area (Å²) < 4.78 is 43.1. The van der Waals surface area contributed by atoms with Gasteiger partial charge in [0.1, 0.15) is 18.1 Å². The molecule has 0 aliphatic carbocycles. The number of alkyl halides is 3. The van der Waals surface area contributed by atoms with Crippen LogP contribution >= 0.6 is 0 Å². The Morgan fingerprint density at radius 1 is 1.36 bits per heavy atom. The number of allylic oxidation sites excluding steroid dienone is 2. The second kappa shape index (κ2) is 11.3. The lowest BCUT2D eigenvalue weighted by atomic mass is 9.84. The van der Waals surface area contributed by atoms with Crippen LogP contribution in [0.3, 0.4) is 0 Å². The van der Waals surface area contributed by atoms with Crippen molar-refractivity contribution in [3.05, 3.63) is 64.8 Å². The van der Waals surface area contributed by atoms with E-state index < -0.39 is 18.6 Å². The number of hydrogen-bond donors (Lipinski definition) is 3. The first-order chi connectivity index (χ1) is 15.6. The smallest absolute Gasteiger partial charge is 0.405 e. The molecule has 1 amide bonds. The third-order valence-electron chi connectivity index (χ3n) is 5.09. The number of hydrogen-bond acceptors (Lipinski definition) is 6. The highest BCUT2D eigenvalue weighted by Crippen LogP contribution is 2.34. The maximum absolute atomic E-state index is 13.3. The highest BCUT2D eigenvalue weighted by molar-refractivity contribution is 5.98. The van der Waals surface area contributed by atoms with Gasteiger partial charge in [-0.15, -0.1) is 0 Å². The molecule has 0 bridgehead atoms. The number of carbonyl (C=O) groups excluding carboxylic acids is 1. The van der Waals surface area contributed by atoms with Gasteiger partial charge in [-0.1, -0.05) is 19.1 Å². The first-order valence-electron chi connectivity index (χ1n) is 10.3. The fraction of sp³-hybridized carbons (Fsp3) is 0.348. The van der Waals surface area contributed by atoms with Crippen molar-refractivity contribution in [2.75, 3.05) is 20.2 Å². The molecule has 1 heterocycles. The highest BCUT2D eigenvalue weighted by Gasteiger charge is 2.35. The molecule has 1 aromatic rings. The Balaban J connectivity index is 2.48. The average Bonchev–Trinajstić information content (AvgIpc) is 2.78. The van der Waals surface area contributed by atoms with Crippen LogP contribution in [-0.2, 0) is 4.79 Å². The van der Waals surface area contributed by atoms with Gasteiger partial charge in [0.2, 0.25) is 5.91 Å². The Kier molecular flexibility index (Phi) is 8.84. The molecule has 178 valence electrons. The Bertz CT molecular complexity index is 979. The summed E-state index contributed by atoms with van der Waals surface area (Å²) in [5, 5.41) is 9.89. The normalized spacial score (nSPS) is 18.2. The molecule has 10 heteroatoms. The van der Waals surface area contributed by atoms with Crippen LogP contribution in [0.15, 0.2) is 64.2 Å². The van der Waals surface area contributed by atoms with Crippen molar-refractivity contribution >= 4 is 18.3 Å². The summed E-state index contributed by atoms with van der Waals surface area (Å²) in [6, 6.07) is 7.02. The standard InChI is InChI=1S/C23H28F3N5O2/c1-4-5-20(30-14-23(24,25)26)29-12-17-13-31(18(10-27)11-28)22(32)21(15(17)2)16-6-8-19(33-3)9-7-16/h5-12,21,27,30H,4,13-14,28H2,1-3H3/b18-11+,20-5-,27-10?,29-12?. The largest absolute Gasteiger partial charge is 0.497 e. The molecule has 2 rings (SSSR count). The average molecular weight is 464 g/mol. The molecule has 0 fully saturated rings. The number of carbonyl (C=O) groups is 1. The van der Waals surface area contributed by atoms with E-state index in [0.29, 0.717) is 28.9 Å². The van der Waals surface area contributed by atoms with E-state index in [1.54, 1.807) is 51.3 Å². The van der Waals surface area contributed by atoms with Crippen molar-refractivity contribution in [2.24, 2.45) is 10.7 Å². The van der Waals surface area contributed by atoms with E-state index >= 15 is 0 Å². The highest BCUT2D eigenvalue weighted by atomic mass is 19.4. The Labute approximate surface area is 191 Å². The van der Waals surface area contributed by atoms with Gasteiger partial charge in [-0.05, 0) is 48.3 Å². The molecule has 0 saturated carbocycles. The van der Waals surface area contributed by atoms with E-state index in [2.05, 4.69) is 10.3 Å². The van der Waals surface area contributed by atoms with Crippen molar-refractivity contribution in [3.63, 3.8) is 0 Å². The zero-order valence-electron chi connectivity index (χ0n) is 18.7. The van der Waals surface area contributed by atoms with Crippen molar-refractivity contribution in [2.45, 2.75) is 32.4 Å². The number of aliphatic imine (C=N–C) groups is 1. The van der Waals surface area contributed by atoms with E-state index in [0.717, 1.165) is 6.21 Å². The van der Waals surface area contributed by atoms with Crippen molar-refractivity contribution in [1.29, 1.82) is 5.41 Å². The van der Waals surface area contributed by atoms with Crippen LogP contribution in [0.25, 0.3) is 0 Å². The quantitative estimate of drug-likeness (QED) is 0.484. The fourth-order valence-corrected chi connectivity index (χ4v) is 3.37. The molecule has 33 heavy (non-hydrogen) atoms. The summed E-state index contributed by atoms with van der Waals surface area (Å²) in [7, 11) is 1.54. The molecular weight excluding hydrogens is 435 g/mol. The summed E-state index contributed by atoms with van der Waals surface area (Å²) in [6.07, 6.45) is 1.25. The van der Waals surface area contributed by atoms with Gasteiger partial charge in [0.25, 0.3) is 0 Å². The van der Waals surface area contributed by atoms with Crippen molar-refractivity contribution < 1.29 is 22.7 Å². The SMILES string of the molecule is CC/C=C(/N=CC1=C(C)C(c2ccc(OC)cc2)C(=O)N(/C(C=N)=C/N)C1)NCC(F)(F)F. The summed E-state index contributed by atoms with van der Waals surface area (Å²) in [4.78, 5) is 18.9. The molecule has 1 atom stereocenters. The van der Waals surface area contributed by atoms with Crippen molar-refractivity contribution in [1.82, 2.24) is 10.2 Å². The minimum absolute atomic E-state index is 0.0813. The summed E-state index contributed by atoms with van der Waals surface area (Å²) in [5.41, 5.74) is 7.87. The summed E-state index contributed by atoms with van der Waals surface area (Å²) >= 11 is 0. The lowest BCUT2D eigenvalue weighted by Gasteiger charge is -2.34. The van der Waals surface area contributed by atoms with E-state index in [1.807, 2.05) is 0 Å².